The molecule has 0 N–H and O–H groups in total. The summed E-state index contributed by atoms with van der Waals surface area (Å²) in [7, 11) is 0. The number of rotatable bonds is 2. The molecule has 1 aromatic heterocycles. The lowest BCUT2D eigenvalue weighted by Gasteiger charge is -2.10. The summed E-state index contributed by atoms with van der Waals surface area (Å²) in [6.07, 6.45) is 5.23. The van der Waals surface area contributed by atoms with Gasteiger partial charge >= 0.3 is 0 Å². The zero-order chi connectivity index (χ0) is 17.6. The van der Waals surface area contributed by atoms with Crippen molar-refractivity contribution in [3.8, 4) is 22.5 Å². The SMILES string of the molecule is Cc1cnc(-c2ccc(-c3ccc4c(c3)CC(C)C4)c(F)c2F)nc1. The monoisotopic (exact) mass is 336 g/mol. The molecular weight excluding hydrogens is 318 g/mol. The van der Waals surface area contributed by atoms with Crippen LogP contribution >= 0.6 is 0 Å². The second kappa shape index (κ2) is 6.03. The number of hydrogen-bond acceptors (Lipinski definition) is 2. The quantitative estimate of drug-likeness (QED) is 0.648. The summed E-state index contributed by atoms with van der Waals surface area (Å²) in [6, 6.07) is 9.04. The van der Waals surface area contributed by atoms with Gasteiger partial charge < -0.3 is 0 Å². The highest BCUT2D eigenvalue weighted by molar-refractivity contribution is 5.70. The third kappa shape index (κ3) is 2.82. The van der Waals surface area contributed by atoms with E-state index in [0.717, 1.165) is 18.4 Å². The van der Waals surface area contributed by atoms with Gasteiger partial charge in [-0.05, 0) is 54.0 Å². The first-order chi connectivity index (χ1) is 12.0. The molecule has 0 aliphatic heterocycles. The number of halogens is 2. The minimum atomic E-state index is -0.907. The number of nitrogens with zero attached hydrogens (tertiary/aromatic N) is 2. The van der Waals surface area contributed by atoms with Crippen molar-refractivity contribution in [1.29, 1.82) is 0 Å². The van der Waals surface area contributed by atoms with E-state index in [2.05, 4.69) is 16.9 Å². The molecule has 1 atom stereocenters. The predicted octanol–water partition coefficient (Wildman–Crippen LogP) is 5.13. The van der Waals surface area contributed by atoms with E-state index in [1.807, 2.05) is 25.1 Å². The van der Waals surface area contributed by atoms with Gasteiger partial charge in [0, 0.05) is 18.0 Å². The highest BCUT2D eigenvalue weighted by Gasteiger charge is 2.21. The molecule has 0 spiro atoms. The van der Waals surface area contributed by atoms with E-state index < -0.39 is 11.6 Å². The number of aromatic nitrogens is 2. The molecule has 2 nitrogen and oxygen atoms in total. The van der Waals surface area contributed by atoms with Crippen LogP contribution in [0.5, 0.6) is 0 Å². The van der Waals surface area contributed by atoms with E-state index in [1.165, 1.54) is 11.1 Å². The van der Waals surface area contributed by atoms with Crippen LogP contribution < -0.4 is 0 Å². The van der Waals surface area contributed by atoms with Gasteiger partial charge in [-0.2, -0.15) is 0 Å². The molecule has 0 bridgehead atoms. The fourth-order valence-electron chi connectivity index (χ4n) is 3.48. The van der Waals surface area contributed by atoms with Gasteiger partial charge in [0.1, 0.15) is 0 Å². The first kappa shape index (κ1) is 15.9. The molecule has 25 heavy (non-hydrogen) atoms. The zero-order valence-electron chi connectivity index (χ0n) is 14.2. The van der Waals surface area contributed by atoms with Crippen LogP contribution in [0.15, 0.2) is 42.7 Å². The molecule has 2 aromatic carbocycles. The molecule has 1 aliphatic carbocycles. The Hall–Kier alpha value is -2.62. The minimum Gasteiger partial charge on any atom is -0.236 e. The van der Waals surface area contributed by atoms with Crippen LogP contribution in [0, 0.1) is 24.5 Å². The predicted molar refractivity (Wildman–Crippen MR) is 94.1 cm³/mol. The summed E-state index contributed by atoms with van der Waals surface area (Å²) in [6.45, 7) is 4.05. The number of fused-ring (bicyclic) bond motifs is 1. The topological polar surface area (TPSA) is 25.8 Å². The van der Waals surface area contributed by atoms with Crippen LogP contribution in [0.4, 0.5) is 8.78 Å². The van der Waals surface area contributed by atoms with Crippen molar-refractivity contribution in [3.63, 3.8) is 0 Å². The summed E-state index contributed by atoms with van der Waals surface area (Å²) in [5, 5.41) is 0. The maximum atomic E-state index is 14.7. The molecule has 126 valence electrons. The third-order valence-electron chi connectivity index (χ3n) is 4.76. The Balaban J connectivity index is 1.76. The third-order valence-corrected chi connectivity index (χ3v) is 4.76. The number of hydrogen-bond donors (Lipinski definition) is 0. The standard InChI is InChI=1S/C21H18F2N2/c1-12-7-14-3-4-15(9-16(14)8-12)17-5-6-18(20(23)19(17)22)21-24-10-13(2)11-25-21/h3-6,9-12H,7-8H2,1-2H3. The molecule has 4 heteroatoms. The average Bonchev–Trinajstić information content (AvgIpc) is 2.97. The normalized spacial score (nSPS) is 16.1. The van der Waals surface area contributed by atoms with Gasteiger partial charge in [-0.15, -0.1) is 0 Å². The molecule has 1 aliphatic rings. The molecule has 0 saturated carbocycles. The first-order valence-corrected chi connectivity index (χ1v) is 8.42. The van der Waals surface area contributed by atoms with E-state index in [1.54, 1.807) is 24.5 Å². The van der Waals surface area contributed by atoms with Crippen molar-refractivity contribution < 1.29 is 8.78 Å². The van der Waals surface area contributed by atoms with Crippen molar-refractivity contribution in [1.82, 2.24) is 9.97 Å². The minimum absolute atomic E-state index is 0.0797. The molecule has 0 fully saturated rings. The summed E-state index contributed by atoms with van der Waals surface area (Å²) >= 11 is 0. The summed E-state index contributed by atoms with van der Waals surface area (Å²) < 4.78 is 29.3. The van der Waals surface area contributed by atoms with Gasteiger partial charge in [0.2, 0.25) is 0 Å². The fraction of sp³-hybridized carbons (Fsp3) is 0.238. The Morgan fingerprint density at radius 2 is 1.52 bits per heavy atom. The summed E-state index contributed by atoms with van der Waals surface area (Å²) in [5.41, 5.74) is 4.47. The van der Waals surface area contributed by atoms with Crippen LogP contribution in [0.2, 0.25) is 0 Å². The van der Waals surface area contributed by atoms with Gasteiger partial charge in [0.15, 0.2) is 17.5 Å². The Bertz CT molecular complexity index is 949. The molecule has 0 amide bonds. The van der Waals surface area contributed by atoms with Crippen LogP contribution in [0.3, 0.4) is 0 Å². The Morgan fingerprint density at radius 3 is 2.28 bits per heavy atom. The average molecular weight is 336 g/mol. The second-order valence-electron chi connectivity index (χ2n) is 6.87. The van der Waals surface area contributed by atoms with Crippen molar-refractivity contribution in [2.24, 2.45) is 5.92 Å². The fourth-order valence-corrected chi connectivity index (χ4v) is 3.48. The molecular formula is C21H18F2N2. The Kier molecular flexibility index (Phi) is 3.83. The number of benzene rings is 2. The van der Waals surface area contributed by atoms with E-state index in [0.29, 0.717) is 11.5 Å². The lowest BCUT2D eigenvalue weighted by atomic mass is 9.98. The lowest BCUT2D eigenvalue weighted by Crippen LogP contribution is -1.98. The van der Waals surface area contributed by atoms with E-state index in [9.17, 15) is 8.78 Å². The lowest BCUT2D eigenvalue weighted by molar-refractivity contribution is 0.513. The highest BCUT2D eigenvalue weighted by Crippen LogP contribution is 2.34. The van der Waals surface area contributed by atoms with E-state index in [4.69, 9.17) is 0 Å². The van der Waals surface area contributed by atoms with Gasteiger partial charge in [0.05, 0.1) is 5.56 Å². The highest BCUT2D eigenvalue weighted by atomic mass is 19.2. The van der Waals surface area contributed by atoms with Gasteiger partial charge in [0.25, 0.3) is 0 Å². The van der Waals surface area contributed by atoms with E-state index in [-0.39, 0.29) is 17.0 Å². The Morgan fingerprint density at radius 1 is 0.880 bits per heavy atom. The molecule has 1 unspecified atom stereocenters. The van der Waals surface area contributed by atoms with Crippen LogP contribution in [0.25, 0.3) is 22.5 Å². The molecule has 0 radical (unpaired) electrons. The van der Waals surface area contributed by atoms with Crippen LogP contribution in [0.1, 0.15) is 23.6 Å². The van der Waals surface area contributed by atoms with Crippen molar-refractivity contribution >= 4 is 0 Å². The van der Waals surface area contributed by atoms with Crippen molar-refractivity contribution in [3.05, 3.63) is 71.1 Å². The van der Waals surface area contributed by atoms with Crippen molar-refractivity contribution in [2.45, 2.75) is 26.7 Å². The zero-order valence-corrected chi connectivity index (χ0v) is 14.2. The Labute approximate surface area is 145 Å². The summed E-state index contributed by atoms with van der Waals surface area (Å²) in [5.74, 6) is -0.966. The van der Waals surface area contributed by atoms with Crippen LogP contribution in [-0.4, -0.2) is 9.97 Å². The molecule has 1 heterocycles. The van der Waals surface area contributed by atoms with Gasteiger partial charge in [-0.3, -0.25) is 0 Å². The van der Waals surface area contributed by atoms with Gasteiger partial charge in [-0.25, -0.2) is 18.7 Å². The van der Waals surface area contributed by atoms with E-state index >= 15 is 0 Å². The molecule has 3 aromatic rings. The molecule has 0 saturated heterocycles. The smallest absolute Gasteiger partial charge is 0.170 e. The largest absolute Gasteiger partial charge is 0.236 e. The second-order valence-corrected chi connectivity index (χ2v) is 6.87. The van der Waals surface area contributed by atoms with Gasteiger partial charge in [-0.1, -0.05) is 31.2 Å². The summed E-state index contributed by atoms with van der Waals surface area (Å²) in [4.78, 5) is 8.18. The maximum Gasteiger partial charge on any atom is 0.170 e. The number of aryl methyl sites for hydroxylation is 1. The molecule has 4 rings (SSSR count). The van der Waals surface area contributed by atoms with Crippen LogP contribution in [-0.2, 0) is 12.8 Å². The van der Waals surface area contributed by atoms with Crippen molar-refractivity contribution in [2.75, 3.05) is 0 Å². The maximum absolute atomic E-state index is 14.7. The first-order valence-electron chi connectivity index (χ1n) is 8.42.